The van der Waals surface area contributed by atoms with Gasteiger partial charge in [0.2, 0.25) is 17.7 Å². The Bertz CT molecular complexity index is 631. The van der Waals surface area contributed by atoms with Crippen molar-refractivity contribution in [2.75, 3.05) is 13.6 Å². The molecule has 0 aromatic heterocycles. The van der Waals surface area contributed by atoms with Crippen LogP contribution in [0.25, 0.3) is 0 Å². The van der Waals surface area contributed by atoms with Crippen LogP contribution in [0.4, 0.5) is 0 Å². The Balaban J connectivity index is 2.53. The van der Waals surface area contributed by atoms with E-state index >= 15 is 0 Å². The predicted octanol–water partition coefficient (Wildman–Crippen LogP) is 2.11. The van der Waals surface area contributed by atoms with Gasteiger partial charge in [0.15, 0.2) is 0 Å². The molecule has 0 saturated heterocycles. The number of primary amides is 1. The third-order valence-corrected chi connectivity index (χ3v) is 4.59. The number of nitrogens with zero attached hydrogens (tertiary/aromatic N) is 1. The number of amides is 3. The smallest absolute Gasteiger partial charge is 0.245 e. The fourth-order valence-corrected chi connectivity index (χ4v) is 2.89. The van der Waals surface area contributed by atoms with Crippen molar-refractivity contribution >= 4 is 17.7 Å². The summed E-state index contributed by atoms with van der Waals surface area (Å²) in [6.07, 6.45) is 5.83. The topological polar surface area (TPSA) is 113 Å². The molecule has 0 unspecified atom stereocenters. The summed E-state index contributed by atoms with van der Waals surface area (Å²) in [6.45, 7) is 2.55. The van der Waals surface area contributed by atoms with E-state index in [0.717, 1.165) is 37.7 Å². The molecule has 0 saturated carbocycles. The normalized spacial score (nSPS) is 11.6. The molecule has 7 heteroatoms. The van der Waals surface area contributed by atoms with Crippen LogP contribution in [0.1, 0.15) is 57.4 Å². The average Bonchev–Trinajstić information content (AvgIpc) is 2.65. The quantitative estimate of drug-likeness (QED) is 0.447. The lowest BCUT2D eigenvalue weighted by Crippen LogP contribution is -2.49. The summed E-state index contributed by atoms with van der Waals surface area (Å²) in [7, 11) is 1.63. The van der Waals surface area contributed by atoms with E-state index in [-0.39, 0.29) is 24.0 Å². The van der Waals surface area contributed by atoms with Gasteiger partial charge in [0.05, 0.1) is 6.42 Å². The van der Waals surface area contributed by atoms with Crippen molar-refractivity contribution in [3.63, 3.8) is 0 Å². The molecule has 0 aliphatic carbocycles. The second-order valence-electron chi connectivity index (χ2n) is 7.13. The number of hydrogen-bond donors (Lipinski definition) is 3. The van der Waals surface area contributed by atoms with Crippen LogP contribution in [-0.2, 0) is 20.8 Å². The fourth-order valence-electron chi connectivity index (χ4n) is 2.89. The van der Waals surface area contributed by atoms with Gasteiger partial charge in [-0.05, 0) is 30.5 Å². The summed E-state index contributed by atoms with van der Waals surface area (Å²) in [5.74, 6) is -1.01. The molecule has 1 rings (SSSR count). The van der Waals surface area contributed by atoms with Crippen molar-refractivity contribution in [2.24, 2.45) is 5.73 Å². The summed E-state index contributed by atoms with van der Waals surface area (Å²) in [5, 5.41) is 12.0. The maximum absolute atomic E-state index is 12.7. The summed E-state index contributed by atoms with van der Waals surface area (Å²) >= 11 is 0. The third-order valence-electron chi connectivity index (χ3n) is 4.59. The van der Waals surface area contributed by atoms with Crippen molar-refractivity contribution in [1.82, 2.24) is 10.2 Å². The van der Waals surface area contributed by atoms with Crippen LogP contribution >= 0.6 is 0 Å². The van der Waals surface area contributed by atoms with Gasteiger partial charge in [0.1, 0.15) is 11.8 Å². The molecular weight excluding hydrogens is 358 g/mol. The molecule has 156 valence electrons. The van der Waals surface area contributed by atoms with E-state index in [9.17, 15) is 19.5 Å². The second kappa shape index (κ2) is 12.8. The Morgan fingerprint density at radius 1 is 1.11 bits per heavy atom. The van der Waals surface area contributed by atoms with Crippen LogP contribution < -0.4 is 11.1 Å². The molecule has 1 atom stereocenters. The van der Waals surface area contributed by atoms with E-state index in [1.54, 1.807) is 31.3 Å². The van der Waals surface area contributed by atoms with Crippen LogP contribution in [0, 0.1) is 0 Å². The highest BCUT2D eigenvalue weighted by Crippen LogP contribution is 2.11. The standard InChI is InChI=1S/C21H33N3O4/c1-3-4-5-6-7-8-20(27)23-18(15-19(22)26)21(28)24(2)14-13-16-9-11-17(25)12-10-16/h9-12,18,25H,3-8,13-15H2,1-2H3,(H2,22,26)(H,23,27)/t18-/m1/s1. The van der Waals surface area contributed by atoms with Gasteiger partial charge < -0.3 is 21.1 Å². The summed E-state index contributed by atoms with van der Waals surface area (Å²) in [6, 6.07) is 5.82. The molecular formula is C21H33N3O4. The number of carbonyl (C=O) groups excluding carboxylic acids is 3. The first-order chi connectivity index (χ1) is 13.3. The van der Waals surface area contributed by atoms with Gasteiger partial charge in [-0.2, -0.15) is 0 Å². The number of carbonyl (C=O) groups is 3. The van der Waals surface area contributed by atoms with Crippen LogP contribution in [0.15, 0.2) is 24.3 Å². The summed E-state index contributed by atoms with van der Waals surface area (Å²) in [5.41, 5.74) is 6.23. The number of benzene rings is 1. The molecule has 0 aliphatic rings. The van der Waals surface area contributed by atoms with Gasteiger partial charge in [-0.3, -0.25) is 14.4 Å². The van der Waals surface area contributed by atoms with E-state index in [1.807, 2.05) is 0 Å². The largest absolute Gasteiger partial charge is 0.508 e. The highest BCUT2D eigenvalue weighted by molar-refractivity contribution is 5.91. The minimum atomic E-state index is -0.939. The molecule has 4 N–H and O–H groups in total. The number of likely N-dealkylation sites (N-methyl/N-ethyl adjacent to an activating group) is 1. The minimum Gasteiger partial charge on any atom is -0.508 e. The molecule has 28 heavy (non-hydrogen) atoms. The van der Waals surface area contributed by atoms with Crippen LogP contribution in [-0.4, -0.2) is 47.4 Å². The zero-order valence-electron chi connectivity index (χ0n) is 16.9. The van der Waals surface area contributed by atoms with Gasteiger partial charge in [-0.15, -0.1) is 0 Å². The molecule has 7 nitrogen and oxygen atoms in total. The number of phenols is 1. The zero-order valence-corrected chi connectivity index (χ0v) is 16.9. The maximum Gasteiger partial charge on any atom is 0.245 e. The molecule has 0 heterocycles. The SMILES string of the molecule is CCCCCCCC(=O)N[C@H](CC(N)=O)C(=O)N(C)CCc1ccc(O)cc1. The lowest BCUT2D eigenvalue weighted by molar-refractivity contribution is -0.137. The molecule has 0 bridgehead atoms. The van der Waals surface area contributed by atoms with Crippen LogP contribution in [0.2, 0.25) is 0 Å². The van der Waals surface area contributed by atoms with Gasteiger partial charge in [-0.1, -0.05) is 44.7 Å². The van der Waals surface area contributed by atoms with Crippen LogP contribution in [0.3, 0.4) is 0 Å². The van der Waals surface area contributed by atoms with Gasteiger partial charge in [-0.25, -0.2) is 0 Å². The minimum absolute atomic E-state index is 0.187. The molecule has 1 aromatic rings. The van der Waals surface area contributed by atoms with E-state index in [4.69, 9.17) is 5.73 Å². The lowest BCUT2D eigenvalue weighted by Gasteiger charge is -2.24. The van der Waals surface area contributed by atoms with Gasteiger partial charge in [0.25, 0.3) is 0 Å². The van der Waals surface area contributed by atoms with Crippen LogP contribution in [0.5, 0.6) is 5.75 Å². The maximum atomic E-state index is 12.7. The second-order valence-corrected chi connectivity index (χ2v) is 7.13. The number of phenolic OH excluding ortho intramolecular Hbond substituents is 1. The Labute approximate surface area is 167 Å². The fraction of sp³-hybridized carbons (Fsp3) is 0.571. The number of unbranched alkanes of at least 4 members (excludes halogenated alkanes) is 4. The highest BCUT2D eigenvalue weighted by atomic mass is 16.3. The van der Waals surface area contributed by atoms with Crippen molar-refractivity contribution in [1.29, 1.82) is 0 Å². The molecule has 0 aliphatic heterocycles. The molecule has 3 amide bonds. The van der Waals surface area contributed by atoms with Crippen molar-refractivity contribution in [3.05, 3.63) is 29.8 Å². The number of rotatable bonds is 13. The van der Waals surface area contributed by atoms with Crippen molar-refractivity contribution < 1.29 is 19.5 Å². The number of nitrogens with one attached hydrogen (secondary N) is 1. The first-order valence-electron chi connectivity index (χ1n) is 9.94. The van der Waals surface area contributed by atoms with E-state index < -0.39 is 11.9 Å². The third kappa shape index (κ3) is 9.39. The van der Waals surface area contributed by atoms with Crippen molar-refractivity contribution in [2.45, 2.75) is 64.3 Å². The number of nitrogens with two attached hydrogens (primary N) is 1. The Hall–Kier alpha value is -2.57. The predicted molar refractivity (Wildman–Crippen MR) is 109 cm³/mol. The molecule has 1 aromatic carbocycles. The number of hydrogen-bond acceptors (Lipinski definition) is 4. The average molecular weight is 392 g/mol. The molecule has 0 radical (unpaired) electrons. The lowest BCUT2D eigenvalue weighted by atomic mass is 10.1. The highest BCUT2D eigenvalue weighted by Gasteiger charge is 2.25. The Morgan fingerprint density at radius 3 is 2.36 bits per heavy atom. The van der Waals surface area contributed by atoms with Gasteiger partial charge >= 0.3 is 0 Å². The van der Waals surface area contributed by atoms with Gasteiger partial charge in [0, 0.05) is 20.0 Å². The molecule has 0 fully saturated rings. The van der Waals surface area contributed by atoms with Crippen molar-refractivity contribution in [3.8, 4) is 5.75 Å². The van der Waals surface area contributed by atoms with E-state index in [2.05, 4.69) is 12.2 Å². The molecule has 0 spiro atoms. The Kier molecular flexibility index (Phi) is 10.7. The first-order valence-corrected chi connectivity index (χ1v) is 9.94. The Morgan fingerprint density at radius 2 is 1.75 bits per heavy atom. The van der Waals surface area contributed by atoms with E-state index in [1.165, 1.54) is 4.90 Å². The first kappa shape index (κ1) is 23.5. The zero-order chi connectivity index (χ0) is 20.9. The van der Waals surface area contributed by atoms with E-state index in [0.29, 0.717) is 19.4 Å². The number of aromatic hydroxyl groups is 1. The summed E-state index contributed by atoms with van der Waals surface area (Å²) < 4.78 is 0. The summed E-state index contributed by atoms with van der Waals surface area (Å²) in [4.78, 5) is 37.6. The monoisotopic (exact) mass is 391 g/mol.